The van der Waals surface area contributed by atoms with Crippen molar-refractivity contribution in [2.75, 3.05) is 0 Å². The number of benzene rings is 1. The molecule has 2 rings (SSSR count). The molecule has 0 fully saturated rings. The normalized spacial score (nSPS) is 27.2. The van der Waals surface area contributed by atoms with Crippen LogP contribution in [0.5, 0.6) is 5.75 Å². The molecule has 0 aromatic heterocycles. The third-order valence-corrected chi connectivity index (χ3v) is 2.55. The number of fused-ring (bicyclic) bond motifs is 1. The zero-order valence-corrected chi connectivity index (χ0v) is 7.04. The molecule has 2 heteroatoms. The van der Waals surface area contributed by atoms with E-state index < -0.39 is 5.60 Å². The molecule has 0 radical (unpaired) electrons. The van der Waals surface area contributed by atoms with Crippen LogP contribution in [0.1, 0.15) is 24.5 Å². The highest BCUT2D eigenvalue weighted by Gasteiger charge is 2.31. The first kappa shape index (κ1) is 7.62. The maximum Gasteiger partial charge on any atom is 0.115 e. The molecule has 2 nitrogen and oxygen atoms in total. The van der Waals surface area contributed by atoms with Gasteiger partial charge in [0.25, 0.3) is 0 Å². The number of rotatable bonds is 0. The lowest BCUT2D eigenvalue weighted by atomic mass is 9.99. The number of aryl methyl sites for hydroxylation is 1. The highest BCUT2D eigenvalue weighted by molar-refractivity contribution is 5.41. The topological polar surface area (TPSA) is 40.5 Å². The van der Waals surface area contributed by atoms with Crippen LogP contribution < -0.4 is 0 Å². The molecule has 1 unspecified atom stereocenters. The summed E-state index contributed by atoms with van der Waals surface area (Å²) in [6, 6.07) is 5.16. The van der Waals surface area contributed by atoms with Crippen LogP contribution in [0.4, 0.5) is 0 Å². The molecule has 0 aliphatic heterocycles. The molecule has 0 amide bonds. The third-order valence-electron chi connectivity index (χ3n) is 2.55. The molecular formula is C10H12O2. The standard InChI is InChI=1S/C10H12O2/c1-10(12)5-4-7-6-8(11)2-3-9(7)10/h2-3,6,11-12H,4-5H2,1H3. The maximum absolute atomic E-state index is 9.86. The largest absolute Gasteiger partial charge is 0.508 e. The third kappa shape index (κ3) is 0.994. The lowest BCUT2D eigenvalue weighted by Gasteiger charge is -2.16. The van der Waals surface area contributed by atoms with Gasteiger partial charge in [-0.3, -0.25) is 0 Å². The zero-order valence-electron chi connectivity index (χ0n) is 7.04. The van der Waals surface area contributed by atoms with Crippen molar-refractivity contribution in [3.63, 3.8) is 0 Å². The summed E-state index contributed by atoms with van der Waals surface area (Å²) in [5.41, 5.74) is 1.34. The fraction of sp³-hybridized carbons (Fsp3) is 0.400. The minimum absolute atomic E-state index is 0.284. The predicted molar refractivity (Wildman–Crippen MR) is 46.0 cm³/mol. The van der Waals surface area contributed by atoms with E-state index in [1.807, 2.05) is 6.92 Å². The molecule has 1 aliphatic carbocycles. The van der Waals surface area contributed by atoms with Gasteiger partial charge in [-0.2, -0.15) is 0 Å². The number of aromatic hydroxyl groups is 1. The number of aliphatic hydroxyl groups is 1. The Morgan fingerprint density at radius 3 is 2.92 bits per heavy atom. The van der Waals surface area contributed by atoms with Gasteiger partial charge in [0, 0.05) is 0 Å². The monoisotopic (exact) mass is 164 g/mol. The van der Waals surface area contributed by atoms with E-state index in [-0.39, 0.29) is 5.75 Å². The Bertz CT molecular complexity index is 316. The second-order valence-corrected chi connectivity index (χ2v) is 3.62. The average Bonchev–Trinajstić information content (AvgIpc) is 2.27. The van der Waals surface area contributed by atoms with Crippen molar-refractivity contribution in [1.29, 1.82) is 0 Å². The van der Waals surface area contributed by atoms with E-state index in [9.17, 15) is 10.2 Å². The molecule has 0 saturated carbocycles. The first-order valence-electron chi connectivity index (χ1n) is 4.14. The van der Waals surface area contributed by atoms with Crippen molar-refractivity contribution in [3.05, 3.63) is 29.3 Å². The lowest BCUT2D eigenvalue weighted by Crippen LogP contribution is -2.15. The maximum atomic E-state index is 9.86. The van der Waals surface area contributed by atoms with Gasteiger partial charge in [-0.15, -0.1) is 0 Å². The number of phenols is 1. The molecule has 12 heavy (non-hydrogen) atoms. The second kappa shape index (κ2) is 2.23. The molecule has 1 atom stereocenters. The van der Waals surface area contributed by atoms with Crippen LogP contribution in [0, 0.1) is 0 Å². The quantitative estimate of drug-likeness (QED) is 0.610. The summed E-state index contributed by atoms with van der Waals surface area (Å²) in [4.78, 5) is 0. The minimum Gasteiger partial charge on any atom is -0.508 e. The summed E-state index contributed by atoms with van der Waals surface area (Å²) in [7, 11) is 0. The Morgan fingerprint density at radius 2 is 2.17 bits per heavy atom. The number of hydrogen-bond acceptors (Lipinski definition) is 2. The zero-order chi connectivity index (χ0) is 8.77. The van der Waals surface area contributed by atoms with Gasteiger partial charge in [0.1, 0.15) is 5.75 Å². The van der Waals surface area contributed by atoms with Crippen LogP contribution in [-0.4, -0.2) is 10.2 Å². The van der Waals surface area contributed by atoms with Crippen LogP contribution in [0.25, 0.3) is 0 Å². The number of hydrogen-bond donors (Lipinski definition) is 2. The SMILES string of the molecule is CC1(O)CCc2cc(O)ccc21. The van der Waals surface area contributed by atoms with Gasteiger partial charge < -0.3 is 10.2 Å². The Kier molecular flexibility index (Phi) is 1.42. The smallest absolute Gasteiger partial charge is 0.115 e. The van der Waals surface area contributed by atoms with E-state index in [1.54, 1.807) is 18.2 Å². The van der Waals surface area contributed by atoms with Crippen LogP contribution >= 0.6 is 0 Å². The van der Waals surface area contributed by atoms with Gasteiger partial charge in [0.15, 0.2) is 0 Å². The average molecular weight is 164 g/mol. The van der Waals surface area contributed by atoms with Crippen molar-refractivity contribution >= 4 is 0 Å². The minimum atomic E-state index is -0.691. The molecule has 0 spiro atoms. The van der Waals surface area contributed by atoms with Crippen molar-refractivity contribution in [1.82, 2.24) is 0 Å². The van der Waals surface area contributed by atoms with E-state index in [1.165, 1.54) is 0 Å². The van der Waals surface area contributed by atoms with Crippen LogP contribution in [0.3, 0.4) is 0 Å². The van der Waals surface area contributed by atoms with Crippen LogP contribution in [0.2, 0.25) is 0 Å². The first-order chi connectivity index (χ1) is 5.59. The van der Waals surface area contributed by atoms with E-state index in [2.05, 4.69) is 0 Å². The molecular weight excluding hydrogens is 152 g/mol. The fourth-order valence-electron chi connectivity index (χ4n) is 1.83. The Balaban J connectivity index is 2.55. The lowest BCUT2D eigenvalue weighted by molar-refractivity contribution is 0.0594. The summed E-state index contributed by atoms with van der Waals surface area (Å²) in [6.45, 7) is 1.82. The fourth-order valence-corrected chi connectivity index (χ4v) is 1.83. The second-order valence-electron chi connectivity index (χ2n) is 3.62. The van der Waals surface area contributed by atoms with Crippen molar-refractivity contribution < 1.29 is 10.2 Å². The van der Waals surface area contributed by atoms with E-state index in [0.29, 0.717) is 0 Å². The number of phenolic OH excluding ortho intramolecular Hbond substituents is 1. The Morgan fingerprint density at radius 1 is 1.42 bits per heavy atom. The van der Waals surface area contributed by atoms with Gasteiger partial charge in [0.05, 0.1) is 5.60 Å². The first-order valence-corrected chi connectivity index (χ1v) is 4.14. The summed E-state index contributed by atoms with van der Waals surface area (Å²) in [5.74, 6) is 0.284. The Hall–Kier alpha value is -1.02. The van der Waals surface area contributed by atoms with Gasteiger partial charge in [-0.25, -0.2) is 0 Å². The molecule has 64 valence electrons. The summed E-state index contributed by atoms with van der Waals surface area (Å²) in [6.07, 6.45) is 1.61. The highest BCUT2D eigenvalue weighted by Crippen LogP contribution is 2.37. The van der Waals surface area contributed by atoms with Gasteiger partial charge >= 0.3 is 0 Å². The molecule has 2 N–H and O–H groups in total. The molecule has 1 aliphatic rings. The van der Waals surface area contributed by atoms with Gasteiger partial charge in [-0.05, 0) is 43.0 Å². The molecule has 0 bridgehead atoms. The Labute approximate surface area is 71.5 Å². The van der Waals surface area contributed by atoms with Gasteiger partial charge in [-0.1, -0.05) is 6.07 Å². The summed E-state index contributed by atoms with van der Waals surface area (Å²) in [5, 5.41) is 19.0. The molecule has 0 saturated heterocycles. The highest BCUT2D eigenvalue weighted by atomic mass is 16.3. The van der Waals surface area contributed by atoms with E-state index >= 15 is 0 Å². The van der Waals surface area contributed by atoms with Crippen molar-refractivity contribution in [2.45, 2.75) is 25.4 Å². The summed E-state index contributed by atoms with van der Waals surface area (Å²) < 4.78 is 0. The van der Waals surface area contributed by atoms with Crippen LogP contribution in [-0.2, 0) is 12.0 Å². The predicted octanol–water partition coefficient (Wildman–Crippen LogP) is 1.55. The van der Waals surface area contributed by atoms with Crippen LogP contribution in [0.15, 0.2) is 18.2 Å². The van der Waals surface area contributed by atoms with Crippen molar-refractivity contribution in [2.24, 2.45) is 0 Å². The van der Waals surface area contributed by atoms with E-state index in [0.717, 1.165) is 24.0 Å². The molecule has 1 aromatic carbocycles. The summed E-state index contributed by atoms with van der Waals surface area (Å²) >= 11 is 0. The van der Waals surface area contributed by atoms with Gasteiger partial charge in [0.2, 0.25) is 0 Å². The van der Waals surface area contributed by atoms with E-state index in [4.69, 9.17) is 0 Å². The molecule has 0 heterocycles. The van der Waals surface area contributed by atoms with Crippen molar-refractivity contribution in [3.8, 4) is 5.75 Å². The molecule has 1 aromatic rings.